The maximum atomic E-state index is 15.1. The van der Waals surface area contributed by atoms with Crippen molar-refractivity contribution >= 4 is 32.2 Å². The Morgan fingerprint density at radius 3 is 1.25 bits per heavy atom. The fourth-order valence-corrected chi connectivity index (χ4v) is 9.23. The molecule has 0 saturated carbocycles. The second kappa shape index (κ2) is 11.6. The molecule has 0 fully saturated rings. The predicted molar refractivity (Wildman–Crippen MR) is 134 cm³/mol. The van der Waals surface area contributed by atoms with Gasteiger partial charge in [-0.1, -0.05) is 36.4 Å². The van der Waals surface area contributed by atoms with E-state index in [4.69, 9.17) is 3.63 Å². The van der Waals surface area contributed by atoms with Crippen molar-refractivity contribution in [2.24, 2.45) is 0 Å². The fraction of sp³-hybridized carbons (Fsp3) is 0.280. The molecule has 0 aliphatic carbocycles. The number of rotatable bonds is 11. The summed E-state index contributed by atoms with van der Waals surface area (Å²) in [6.07, 6.45) is -6.05. The predicted octanol–water partition coefficient (Wildman–Crippen LogP) is 9.65. The summed E-state index contributed by atoms with van der Waals surface area (Å²) in [5.74, 6) is -32.7. The first-order valence-corrected chi connectivity index (χ1v) is 15.6. The summed E-state index contributed by atoms with van der Waals surface area (Å²) < 4.78 is 210. The van der Waals surface area contributed by atoms with Crippen LogP contribution in [0.2, 0.25) is 0 Å². The number of hydrogen-bond acceptors (Lipinski definition) is 4. The van der Waals surface area contributed by atoms with E-state index >= 15 is 8.78 Å². The van der Waals surface area contributed by atoms with Crippen LogP contribution in [-0.2, 0) is 13.7 Å². The standard InChI is InChI=1S/C25H17F13O3S3/c1-42-16-12-14-19(15-13-16)43(17-8-4-2-5-9-17,18-10-6-3-7-11-18)41-44(39,40)25(37,38)23(32,33)21(28,29)20(26,27)22(30,31)24(34,35)36/h2-15H,1H3. The minimum atomic E-state index is -8.32. The van der Waals surface area contributed by atoms with E-state index in [1.807, 2.05) is 0 Å². The molecule has 3 rings (SSSR count). The maximum absolute atomic E-state index is 15.1. The molecule has 0 amide bonds. The Balaban J connectivity index is 2.33. The Labute approximate surface area is 247 Å². The van der Waals surface area contributed by atoms with Gasteiger partial charge in [-0.25, -0.2) is 3.63 Å². The largest absolute Gasteiger partial charge is 0.460 e. The molecular formula is C25H17F13O3S3. The molecule has 244 valence electrons. The van der Waals surface area contributed by atoms with Crippen LogP contribution in [0.5, 0.6) is 0 Å². The Bertz CT molecular complexity index is 1510. The molecule has 0 aromatic heterocycles. The highest BCUT2D eigenvalue weighted by Crippen LogP contribution is 2.71. The molecule has 0 aliphatic heterocycles. The smallest absolute Gasteiger partial charge is 0.202 e. The molecule has 19 heteroatoms. The molecule has 0 heterocycles. The average molecular weight is 709 g/mol. The summed E-state index contributed by atoms with van der Waals surface area (Å²) in [6, 6.07) is 16.7. The van der Waals surface area contributed by atoms with Gasteiger partial charge < -0.3 is 0 Å². The van der Waals surface area contributed by atoms with Crippen molar-refractivity contribution in [1.82, 2.24) is 0 Å². The molecule has 0 bridgehead atoms. The van der Waals surface area contributed by atoms with Gasteiger partial charge >= 0.3 is 45.2 Å². The molecule has 3 aromatic rings. The molecule has 0 radical (unpaired) electrons. The summed E-state index contributed by atoms with van der Waals surface area (Å²) >= 11 is 1.14. The lowest BCUT2D eigenvalue weighted by Gasteiger charge is -2.42. The van der Waals surface area contributed by atoms with Crippen LogP contribution in [0.15, 0.2) is 105 Å². The van der Waals surface area contributed by atoms with Gasteiger partial charge in [0.2, 0.25) is 0 Å². The number of benzene rings is 3. The van der Waals surface area contributed by atoms with E-state index in [-0.39, 0.29) is 14.7 Å². The normalized spacial score (nSPS) is 14.9. The number of thioether (sulfide) groups is 1. The monoisotopic (exact) mass is 708 g/mol. The SMILES string of the molecule is CSc1ccc(S(OS(=O)(=O)C(F)(F)C(F)(F)C(F)(F)C(F)(F)C(F)(F)C(F)(F)F)(c2ccccc2)c2ccccc2)cc1. The van der Waals surface area contributed by atoms with Gasteiger partial charge in [-0.2, -0.15) is 65.5 Å². The zero-order valence-electron chi connectivity index (χ0n) is 21.4. The van der Waals surface area contributed by atoms with E-state index in [0.717, 1.165) is 48.2 Å². The second-order valence-electron chi connectivity index (χ2n) is 8.69. The third kappa shape index (κ3) is 5.42. The van der Waals surface area contributed by atoms with E-state index in [9.17, 15) is 56.7 Å². The molecule has 0 N–H and O–H groups in total. The zero-order valence-corrected chi connectivity index (χ0v) is 23.9. The van der Waals surface area contributed by atoms with Crippen LogP contribution in [-0.4, -0.2) is 49.8 Å². The van der Waals surface area contributed by atoms with Gasteiger partial charge in [0.25, 0.3) is 0 Å². The average Bonchev–Trinajstić information content (AvgIpc) is 2.95. The first-order valence-electron chi connectivity index (χ1n) is 11.4. The molecule has 0 aliphatic rings. The van der Waals surface area contributed by atoms with Gasteiger partial charge in [0.05, 0.1) is 0 Å². The molecule has 3 nitrogen and oxygen atoms in total. The summed E-state index contributed by atoms with van der Waals surface area (Å²) in [5, 5.41) is -7.53. The lowest BCUT2D eigenvalue weighted by atomic mass is 9.98. The van der Waals surface area contributed by atoms with Gasteiger partial charge in [0.15, 0.2) is 0 Å². The van der Waals surface area contributed by atoms with E-state index in [1.54, 1.807) is 6.26 Å². The van der Waals surface area contributed by atoms with E-state index in [0.29, 0.717) is 4.90 Å². The van der Waals surface area contributed by atoms with Crippen molar-refractivity contribution in [2.45, 2.75) is 54.7 Å². The van der Waals surface area contributed by atoms with Crippen LogP contribution in [0, 0.1) is 0 Å². The van der Waals surface area contributed by atoms with Gasteiger partial charge in [-0.3, -0.25) is 0 Å². The van der Waals surface area contributed by atoms with E-state index in [2.05, 4.69) is 0 Å². The fourth-order valence-electron chi connectivity index (χ4n) is 3.61. The van der Waals surface area contributed by atoms with Gasteiger partial charge in [0.1, 0.15) is 0 Å². The first kappa shape index (κ1) is 35.8. The lowest BCUT2D eigenvalue weighted by molar-refractivity contribution is -0.433. The van der Waals surface area contributed by atoms with Crippen LogP contribution in [0.1, 0.15) is 0 Å². The lowest BCUT2D eigenvalue weighted by Crippen LogP contribution is -2.71. The van der Waals surface area contributed by atoms with Crippen LogP contribution < -0.4 is 0 Å². The Hall–Kier alpha value is -2.64. The molecule has 44 heavy (non-hydrogen) atoms. The quantitative estimate of drug-likeness (QED) is 0.147. The van der Waals surface area contributed by atoms with Crippen LogP contribution >= 0.6 is 22.1 Å². The Kier molecular flexibility index (Phi) is 9.46. The highest BCUT2D eigenvalue weighted by Gasteiger charge is 2.93. The van der Waals surface area contributed by atoms with Crippen molar-refractivity contribution in [3.05, 3.63) is 84.9 Å². The molecule has 0 spiro atoms. The number of alkyl halides is 13. The Morgan fingerprint density at radius 2 is 0.886 bits per heavy atom. The highest BCUT2D eigenvalue weighted by atomic mass is 32.3. The summed E-state index contributed by atoms with van der Waals surface area (Å²) in [4.78, 5) is -0.524. The Morgan fingerprint density at radius 1 is 0.523 bits per heavy atom. The van der Waals surface area contributed by atoms with E-state index in [1.165, 1.54) is 48.5 Å². The topological polar surface area (TPSA) is 43.4 Å². The molecule has 0 saturated heterocycles. The van der Waals surface area contributed by atoms with Crippen molar-refractivity contribution in [3.63, 3.8) is 0 Å². The third-order valence-electron chi connectivity index (χ3n) is 5.95. The third-order valence-corrected chi connectivity index (χ3v) is 11.9. The highest BCUT2D eigenvalue weighted by molar-refractivity contribution is 8.33. The minimum Gasteiger partial charge on any atom is -0.202 e. The van der Waals surface area contributed by atoms with Crippen LogP contribution in [0.4, 0.5) is 57.1 Å². The molecular weight excluding hydrogens is 691 g/mol. The van der Waals surface area contributed by atoms with Crippen molar-refractivity contribution in [1.29, 1.82) is 0 Å². The second-order valence-corrected chi connectivity index (χ2v) is 14.1. The van der Waals surface area contributed by atoms with Gasteiger partial charge in [0, 0.05) is 19.6 Å². The van der Waals surface area contributed by atoms with Gasteiger partial charge in [-0.05, 0) is 65.1 Å². The summed E-state index contributed by atoms with van der Waals surface area (Å²) in [6.45, 7) is 0. The van der Waals surface area contributed by atoms with Crippen molar-refractivity contribution in [2.75, 3.05) is 6.26 Å². The molecule has 3 aromatic carbocycles. The summed E-state index contributed by atoms with van der Waals surface area (Å²) in [5.41, 5.74) is 0. The van der Waals surface area contributed by atoms with Gasteiger partial charge in [-0.15, -0.1) is 11.8 Å². The zero-order chi connectivity index (χ0) is 33.6. The van der Waals surface area contributed by atoms with E-state index < -0.39 is 55.5 Å². The number of halogens is 13. The summed E-state index contributed by atoms with van der Waals surface area (Å²) in [7, 11) is -11.9. The maximum Gasteiger partial charge on any atom is 0.460 e. The number of hydrogen-bond donors (Lipinski definition) is 0. The van der Waals surface area contributed by atoms with Crippen molar-refractivity contribution in [3.8, 4) is 0 Å². The minimum absolute atomic E-state index is 0.337. The van der Waals surface area contributed by atoms with Crippen LogP contribution in [0.25, 0.3) is 0 Å². The molecule has 0 atom stereocenters. The van der Waals surface area contributed by atoms with Crippen LogP contribution in [0.3, 0.4) is 0 Å². The van der Waals surface area contributed by atoms with Crippen molar-refractivity contribution < 1.29 is 69.1 Å². The first-order chi connectivity index (χ1) is 20.0. The molecule has 0 unspecified atom stereocenters.